The minimum atomic E-state index is -0.376. The first-order valence-electron chi connectivity index (χ1n) is 13.9. The molecule has 14 heteroatoms. The Labute approximate surface area is 241 Å². The van der Waals surface area contributed by atoms with E-state index in [2.05, 4.69) is 112 Å². The Balaban J connectivity index is 1.91. The maximum Gasteiger partial charge on any atom is 0.493 e. The Hall–Kier alpha value is -1.49. The van der Waals surface area contributed by atoms with E-state index in [1.165, 1.54) is 91.4 Å². The van der Waals surface area contributed by atoms with Gasteiger partial charge in [-0.05, 0) is 55.1 Å². The first-order chi connectivity index (χ1) is 17.5. The summed E-state index contributed by atoms with van der Waals surface area (Å²) >= 11 is 1.98. The topological polar surface area (TPSA) is 18.5 Å². The van der Waals surface area contributed by atoms with Gasteiger partial charge in [-0.25, -0.2) is 0 Å². The van der Waals surface area contributed by atoms with Crippen LogP contribution in [0.4, 0.5) is 0 Å². The summed E-state index contributed by atoms with van der Waals surface area (Å²) < 4.78 is 16.0. The van der Waals surface area contributed by atoms with Crippen LogP contribution in [0.2, 0.25) is 0 Å². The van der Waals surface area contributed by atoms with Crippen LogP contribution < -0.4 is 60.1 Å². The summed E-state index contributed by atoms with van der Waals surface area (Å²) in [6, 6.07) is 2.33. The Morgan fingerprint density at radius 3 is 1.58 bits per heavy atom. The van der Waals surface area contributed by atoms with E-state index in [0.717, 1.165) is 0 Å². The lowest BCUT2D eigenvalue weighted by Crippen LogP contribution is -2.55. The quantitative estimate of drug-likeness (QED) is 0.253. The summed E-state index contributed by atoms with van der Waals surface area (Å²) in [6.07, 6.45) is 0. The Morgan fingerprint density at radius 2 is 1.03 bits per heavy atom. The number of fused-ring (bicyclic) bond motifs is 3. The highest BCUT2D eigenvalue weighted by atomic mass is 32.1. The Kier molecular flexibility index (Phi) is 6.65. The number of hydrogen-bond donors (Lipinski definition) is 0. The SMILES string of the molecule is Bc1cc(B)c(-c2c(B)c(B)c(B)c3c2sc2c(B)c(B)c(B)c(B)c23)c(B)c1B1OC(C)(C)C(C)(C)O1. The average molecular weight is 505 g/mol. The summed E-state index contributed by atoms with van der Waals surface area (Å²) in [5.74, 6) is 0. The van der Waals surface area contributed by atoms with Gasteiger partial charge >= 0.3 is 7.12 Å². The van der Waals surface area contributed by atoms with E-state index in [-0.39, 0.29) is 18.3 Å². The lowest BCUT2D eigenvalue weighted by Gasteiger charge is -2.32. The Bertz CT molecular complexity index is 1680. The predicted octanol–water partition coefficient (Wildman–Crippen LogP) is -11.4. The van der Waals surface area contributed by atoms with Gasteiger partial charge in [0.15, 0.2) is 0 Å². The molecule has 1 fully saturated rings. The molecule has 3 aromatic carbocycles. The van der Waals surface area contributed by atoms with Gasteiger partial charge in [0.2, 0.25) is 0 Å². The molecule has 1 aromatic heterocycles. The lowest BCUT2D eigenvalue weighted by molar-refractivity contribution is 0.00578. The van der Waals surface area contributed by atoms with Crippen LogP contribution in [-0.2, 0) is 9.31 Å². The van der Waals surface area contributed by atoms with E-state index in [4.69, 9.17) is 9.31 Å². The van der Waals surface area contributed by atoms with Crippen molar-refractivity contribution in [1.29, 1.82) is 0 Å². The molecule has 0 unspecified atom stereocenters. The molecule has 4 aromatic rings. The van der Waals surface area contributed by atoms with Gasteiger partial charge in [0.05, 0.1) is 11.2 Å². The van der Waals surface area contributed by atoms with Crippen molar-refractivity contribution < 1.29 is 9.31 Å². The molecule has 0 bridgehead atoms. The molecule has 0 spiro atoms. The van der Waals surface area contributed by atoms with Crippen molar-refractivity contribution in [3.05, 3.63) is 6.07 Å². The van der Waals surface area contributed by atoms with Crippen LogP contribution in [0.3, 0.4) is 0 Å². The van der Waals surface area contributed by atoms with Crippen molar-refractivity contribution in [2.24, 2.45) is 0 Å². The standard InChI is InChI=1S/C24H33B11O2S/c1-23(2)24(3,4)37-35(36-23)20-7(26)5-6(25)8(15(20)30)9-12(27)16(31)13(28)10-11-14(29)17(32)18(33)19(34)22(11)38-21(9)10/h5H,25-34H2,1-4H3. The zero-order valence-corrected chi connectivity index (χ0v) is 26.7. The molecular weight excluding hydrogens is 471 g/mol. The monoisotopic (exact) mass is 506 g/mol. The van der Waals surface area contributed by atoms with E-state index in [1.807, 2.05) is 11.3 Å². The molecule has 1 saturated heterocycles. The molecule has 0 aliphatic carbocycles. The largest absolute Gasteiger partial charge is 0.493 e. The van der Waals surface area contributed by atoms with Gasteiger partial charge in [-0.2, -0.15) is 0 Å². The third-order valence-electron chi connectivity index (χ3n) is 10.2. The average Bonchev–Trinajstić information content (AvgIpc) is 3.30. The highest BCUT2D eigenvalue weighted by Gasteiger charge is 2.52. The van der Waals surface area contributed by atoms with Crippen LogP contribution in [0.15, 0.2) is 6.07 Å². The van der Waals surface area contributed by atoms with E-state index in [0.29, 0.717) is 0 Å². The van der Waals surface area contributed by atoms with Crippen LogP contribution in [0.5, 0.6) is 0 Å². The number of hydrogen-bond acceptors (Lipinski definition) is 3. The molecule has 5 rings (SSSR count). The van der Waals surface area contributed by atoms with Gasteiger partial charge in [0.1, 0.15) is 78.5 Å². The maximum atomic E-state index is 6.59. The van der Waals surface area contributed by atoms with E-state index in [1.54, 1.807) is 0 Å². The zero-order valence-electron chi connectivity index (χ0n) is 25.9. The van der Waals surface area contributed by atoms with Crippen LogP contribution in [0.1, 0.15) is 27.7 Å². The number of rotatable bonds is 2. The first kappa shape index (κ1) is 28.1. The molecule has 2 heterocycles. The molecule has 0 amide bonds. The lowest BCUT2D eigenvalue weighted by atomic mass is 9.58. The van der Waals surface area contributed by atoms with Crippen LogP contribution >= 0.6 is 11.3 Å². The van der Waals surface area contributed by atoms with Gasteiger partial charge in [-0.15, -0.1) is 27.7 Å². The third kappa shape index (κ3) is 3.76. The molecule has 180 valence electrons. The summed E-state index contributed by atoms with van der Waals surface area (Å²) in [5.41, 5.74) is 16.8. The smallest absolute Gasteiger partial charge is 0.399 e. The third-order valence-corrected chi connectivity index (χ3v) is 11.5. The number of benzene rings is 3. The van der Waals surface area contributed by atoms with E-state index < -0.39 is 0 Å². The second-order valence-electron chi connectivity index (χ2n) is 12.8. The fraction of sp³-hybridized carbons (Fsp3) is 0.250. The highest BCUT2D eigenvalue weighted by molar-refractivity contribution is 7.28. The molecule has 0 N–H and O–H groups in total. The zero-order chi connectivity index (χ0) is 28.2. The van der Waals surface area contributed by atoms with Crippen LogP contribution in [-0.4, -0.2) is 96.8 Å². The van der Waals surface area contributed by atoms with Gasteiger partial charge in [0, 0.05) is 9.40 Å². The van der Waals surface area contributed by atoms with Crippen molar-refractivity contribution in [1.82, 2.24) is 0 Å². The predicted molar refractivity (Wildman–Crippen MR) is 202 cm³/mol. The second-order valence-corrected chi connectivity index (χ2v) is 13.8. The molecular formula is C24H33B11O2S. The van der Waals surface area contributed by atoms with Crippen molar-refractivity contribution in [2.75, 3.05) is 0 Å². The van der Waals surface area contributed by atoms with Gasteiger partial charge < -0.3 is 9.31 Å². The van der Waals surface area contributed by atoms with Gasteiger partial charge in [-0.1, -0.05) is 44.3 Å². The summed E-state index contributed by atoms with van der Waals surface area (Å²) in [6.45, 7) is 8.54. The molecule has 0 radical (unpaired) electrons. The first-order valence-corrected chi connectivity index (χ1v) is 14.7. The molecule has 2 nitrogen and oxygen atoms in total. The highest BCUT2D eigenvalue weighted by Crippen LogP contribution is 2.37. The van der Waals surface area contributed by atoms with Crippen molar-refractivity contribution in [3.8, 4) is 11.1 Å². The van der Waals surface area contributed by atoms with Crippen molar-refractivity contribution in [3.63, 3.8) is 0 Å². The molecule has 38 heavy (non-hydrogen) atoms. The van der Waals surface area contributed by atoms with Crippen molar-refractivity contribution in [2.45, 2.75) is 38.9 Å². The van der Waals surface area contributed by atoms with Crippen LogP contribution in [0, 0.1) is 0 Å². The summed E-state index contributed by atoms with van der Waals surface area (Å²) in [4.78, 5) is 0. The van der Waals surface area contributed by atoms with Gasteiger partial charge in [-0.3, -0.25) is 0 Å². The fourth-order valence-electron chi connectivity index (χ4n) is 6.54. The van der Waals surface area contributed by atoms with E-state index in [9.17, 15) is 0 Å². The van der Waals surface area contributed by atoms with Crippen LogP contribution in [0.25, 0.3) is 31.3 Å². The molecule has 1 aliphatic heterocycles. The molecule has 0 saturated carbocycles. The summed E-state index contributed by atoms with van der Waals surface area (Å²) in [5, 5.41) is 2.88. The number of thiophene rings is 1. The normalized spacial score (nSPS) is 16.6. The second kappa shape index (κ2) is 9.01. The van der Waals surface area contributed by atoms with Gasteiger partial charge in [0.25, 0.3) is 0 Å². The van der Waals surface area contributed by atoms with E-state index >= 15 is 0 Å². The molecule has 1 aliphatic rings. The maximum absolute atomic E-state index is 6.59. The van der Waals surface area contributed by atoms with Crippen molar-refractivity contribution >= 4 is 177 Å². The fourth-order valence-corrected chi connectivity index (χ4v) is 8.13. The molecule has 0 atom stereocenters. The minimum Gasteiger partial charge on any atom is -0.399 e. The Morgan fingerprint density at radius 1 is 0.553 bits per heavy atom. The minimum absolute atomic E-state index is 0.374. The summed E-state index contributed by atoms with van der Waals surface area (Å²) in [7, 11) is 22.4.